The molecule has 0 saturated heterocycles. The third-order valence-corrected chi connectivity index (χ3v) is 7.00. The van der Waals surface area contributed by atoms with Crippen LogP contribution in [0.3, 0.4) is 0 Å². The summed E-state index contributed by atoms with van der Waals surface area (Å²) in [6.07, 6.45) is 16.3. The quantitative estimate of drug-likeness (QED) is 0.314. The maximum Gasteiger partial charge on any atom is 0.0569 e. The SMILES string of the molecule is CCCCCCCCCP[PH2+]CCCC. The molecule has 2 atom stereocenters. The average molecular weight is 249 g/mol. The Labute approximate surface area is 101 Å². The Bertz CT molecular complexity index is 92.7. The van der Waals surface area contributed by atoms with Gasteiger partial charge in [0.15, 0.2) is 0 Å². The second-order valence-corrected chi connectivity index (χ2v) is 8.77. The van der Waals surface area contributed by atoms with Crippen LogP contribution in [0.15, 0.2) is 0 Å². The van der Waals surface area contributed by atoms with Gasteiger partial charge in [0, 0.05) is 16.5 Å². The van der Waals surface area contributed by atoms with Gasteiger partial charge < -0.3 is 0 Å². The van der Waals surface area contributed by atoms with Crippen LogP contribution in [0.25, 0.3) is 0 Å². The van der Waals surface area contributed by atoms with E-state index in [-0.39, 0.29) is 0 Å². The molecule has 0 nitrogen and oxygen atoms in total. The summed E-state index contributed by atoms with van der Waals surface area (Å²) in [5.41, 5.74) is 0. The van der Waals surface area contributed by atoms with Crippen molar-refractivity contribution >= 4 is 16.5 Å². The first-order valence-electron chi connectivity index (χ1n) is 6.96. The van der Waals surface area contributed by atoms with Crippen LogP contribution >= 0.6 is 16.5 Å². The molecule has 0 fully saturated rings. The highest BCUT2D eigenvalue weighted by Gasteiger charge is 1.95. The van der Waals surface area contributed by atoms with Gasteiger partial charge in [0.1, 0.15) is 0 Å². The van der Waals surface area contributed by atoms with E-state index in [9.17, 15) is 0 Å². The van der Waals surface area contributed by atoms with Gasteiger partial charge in [0.05, 0.1) is 6.16 Å². The van der Waals surface area contributed by atoms with Crippen LogP contribution in [-0.2, 0) is 0 Å². The van der Waals surface area contributed by atoms with Crippen LogP contribution in [0.1, 0.15) is 71.6 Å². The molecule has 0 aliphatic rings. The first-order chi connectivity index (χ1) is 7.41. The molecule has 2 unspecified atom stereocenters. The van der Waals surface area contributed by atoms with Crippen molar-refractivity contribution in [2.24, 2.45) is 0 Å². The molecule has 92 valence electrons. The first kappa shape index (κ1) is 15.9. The zero-order chi connectivity index (χ0) is 11.2. The molecule has 0 aromatic heterocycles. The number of hydrogen-bond acceptors (Lipinski definition) is 0. The van der Waals surface area contributed by atoms with Crippen LogP contribution < -0.4 is 0 Å². The molecule has 0 N–H and O–H groups in total. The van der Waals surface area contributed by atoms with E-state index < -0.39 is 0 Å². The molecule has 15 heavy (non-hydrogen) atoms. The Morgan fingerprint density at radius 3 is 2.00 bits per heavy atom. The Balaban J connectivity index is 2.81. The molecule has 0 rings (SSSR count). The summed E-state index contributed by atoms with van der Waals surface area (Å²) in [5.74, 6) is 0. The van der Waals surface area contributed by atoms with E-state index >= 15 is 0 Å². The van der Waals surface area contributed by atoms with E-state index in [1.165, 1.54) is 66.1 Å². The lowest BCUT2D eigenvalue weighted by Gasteiger charge is -1.99. The summed E-state index contributed by atoms with van der Waals surface area (Å²) in [4.78, 5) is 0. The second kappa shape index (κ2) is 14.9. The fourth-order valence-electron chi connectivity index (χ4n) is 1.69. The highest BCUT2D eigenvalue weighted by atomic mass is 32.0. The molecule has 0 bridgehead atoms. The minimum atomic E-state index is 0.830. The van der Waals surface area contributed by atoms with Crippen molar-refractivity contribution in [2.45, 2.75) is 71.6 Å². The van der Waals surface area contributed by atoms with Gasteiger partial charge >= 0.3 is 0 Å². The molecular weight excluding hydrogens is 218 g/mol. The molecule has 0 spiro atoms. The molecule has 0 radical (unpaired) electrons. The van der Waals surface area contributed by atoms with Crippen LogP contribution in [0.2, 0.25) is 0 Å². The van der Waals surface area contributed by atoms with Crippen molar-refractivity contribution in [1.82, 2.24) is 0 Å². The topological polar surface area (TPSA) is 0 Å². The third-order valence-electron chi connectivity index (χ3n) is 2.77. The van der Waals surface area contributed by atoms with Gasteiger partial charge in [0.2, 0.25) is 0 Å². The maximum atomic E-state index is 2.30. The molecule has 0 aliphatic heterocycles. The molecule has 0 saturated carbocycles. The van der Waals surface area contributed by atoms with E-state index in [2.05, 4.69) is 13.8 Å². The van der Waals surface area contributed by atoms with Crippen LogP contribution in [0.4, 0.5) is 0 Å². The predicted octanol–water partition coefficient (Wildman–Crippen LogP) is 5.54. The molecular formula is C13H31P2+. The lowest BCUT2D eigenvalue weighted by Crippen LogP contribution is -1.80. The highest BCUT2D eigenvalue weighted by molar-refractivity contribution is 8.11. The fraction of sp³-hybridized carbons (Fsp3) is 1.00. The second-order valence-electron chi connectivity index (χ2n) is 4.42. The van der Waals surface area contributed by atoms with Crippen molar-refractivity contribution < 1.29 is 0 Å². The lowest BCUT2D eigenvalue weighted by molar-refractivity contribution is 0.603. The number of unbranched alkanes of at least 4 members (excludes halogenated alkanes) is 7. The van der Waals surface area contributed by atoms with E-state index in [0.717, 1.165) is 8.27 Å². The Kier molecular flexibility index (Phi) is 15.7. The van der Waals surface area contributed by atoms with Gasteiger partial charge in [0.25, 0.3) is 0 Å². The minimum absolute atomic E-state index is 0.830. The van der Waals surface area contributed by atoms with Gasteiger partial charge in [-0.15, -0.1) is 0 Å². The lowest BCUT2D eigenvalue weighted by atomic mass is 10.1. The van der Waals surface area contributed by atoms with E-state index in [4.69, 9.17) is 0 Å². The zero-order valence-corrected chi connectivity index (χ0v) is 13.0. The number of rotatable bonds is 12. The minimum Gasteiger partial charge on any atom is -0.0654 e. The zero-order valence-electron chi connectivity index (χ0n) is 10.9. The van der Waals surface area contributed by atoms with E-state index in [1.54, 1.807) is 12.3 Å². The van der Waals surface area contributed by atoms with Gasteiger partial charge in [-0.05, 0) is 19.0 Å². The third kappa shape index (κ3) is 14.9. The molecule has 0 aromatic rings. The van der Waals surface area contributed by atoms with Gasteiger partial charge in [-0.3, -0.25) is 0 Å². The van der Waals surface area contributed by atoms with Crippen molar-refractivity contribution in [3.8, 4) is 0 Å². The van der Waals surface area contributed by atoms with Crippen molar-refractivity contribution in [3.63, 3.8) is 0 Å². The smallest absolute Gasteiger partial charge is 0.0569 e. The molecule has 0 aliphatic carbocycles. The van der Waals surface area contributed by atoms with E-state index in [0.29, 0.717) is 0 Å². The Morgan fingerprint density at radius 2 is 1.33 bits per heavy atom. The van der Waals surface area contributed by atoms with Crippen LogP contribution in [0, 0.1) is 0 Å². The average Bonchev–Trinajstić information content (AvgIpc) is 2.26. The van der Waals surface area contributed by atoms with Gasteiger partial charge in [-0.2, -0.15) is 0 Å². The first-order valence-corrected chi connectivity index (χ1v) is 10.8. The molecule has 0 amide bonds. The molecule has 0 aromatic carbocycles. The van der Waals surface area contributed by atoms with Crippen LogP contribution in [0.5, 0.6) is 0 Å². The monoisotopic (exact) mass is 249 g/mol. The normalized spacial score (nSPS) is 12.4. The predicted molar refractivity (Wildman–Crippen MR) is 80.7 cm³/mol. The van der Waals surface area contributed by atoms with E-state index in [1.807, 2.05) is 0 Å². The summed E-state index contributed by atoms with van der Waals surface area (Å²) in [7, 11) is 2.17. The summed E-state index contributed by atoms with van der Waals surface area (Å²) in [5, 5.41) is 0. The fourth-order valence-corrected chi connectivity index (χ4v) is 5.62. The van der Waals surface area contributed by atoms with Gasteiger partial charge in [-0.25, -0.2) is 0 Å². The highest BCUT2D eigenvalue weighted by Crippen LogP contribution is 2.38. The summed E-state index contributed by atoms with van der Waals surface area (Å²) in [6, 6.07) is 0. The Hall–Kier alpha value is 0.860. The molecule has 0 heterocycles. The van der Waals surface area contributed by atoms with Crippen molar-refractivity contribution in [2.75, 3.05) is 12.3 Å². The van der Waals surface area contributed by atoms with Gasteiger partial charge in [-0.1, -0.05) is 58.8 Å². The van der Waals surface area contributed by atoms with Crippen molar-refractivity contribution in [3.05, 3.63) is 0 Å². The largest absolute Gasteiger partial charge is 0.0654 e. The maximum absolute atomic E-state index is 2.30. The van der Waals surface area contributed by atoms with Crippen LogP contribution in [-0.4, -0.2) is 12.3 Å². The Morgan fingerprint density at radius 1 is 0.733 bits per heavy atom. The summed E-state index contributed by atoms with van der Waals surface area (Å²) in [6.45, 7) is 4.60. The summed E-state index contributed by atoms with van der Waals surface area (Å²) < 4.78 is 0. The van der Waals surface area contributed by atoms with Crippen molar-refractivity contribution in [1.29, 1.82) is 0 Å². The summed E-state index contributed by atoms with van der Waals surface area (Å²) >= 11 is 0. The number of hydrogen-bond donors (Lipinski definition) is 0. The standard InChI is InChI=1S/C13H30P2/c1-3-5-7-8-9-10-11-13-15-14-12-6-4-2/h14-15H,3-13H2,1-2H3/p+1. The molecule has 2 heteroatoms.